The third kappa shape index (κ3) is 5.35. The molecule has 1 atom stereocenters. The van der Waals surface area contributed by atoms with Gasteiger partial charge in [-0.05, 0) is 31.9 Å². The van der Waals surface area contributed by atoms with Crippen LogP contribution in [0.3, 0.4) is 0 Å². The Morgan fingerprint density at radius 3 is 2.67 bits per heavy atom. The molecule has 0 saturated heterocycles. The first kappa shape index (κ1) is 18.5. The zero-order valence-corrected chi connectivity index (χ0v) is 15.2. The first-order chi connectivity index (χ1) is 11.1. The second-order valence-electron chi connectivity index (χ2n) is 6.72. The van der Waals surface area contributed by atoms with Crippen LogP contribution in [0.5, 0.6) is 0 Å². The number of hydrogen-bond acceptors (Lipinski definition) is 5. The van der Waals surface area contributed by atoms with E-state index in [4.69, 9.17) is 8.92 Å². The van der Waals surface area contributed by atoms with E-state index in [1.54, 1.807) is 11.0 Å². The van der Waals surface area contributed by atoms with Crippen molar-refractivity contribution >= 4 is 16.2 Å². The summed E-state index contributed by atoms with van der Waals surface area (Å²) in [5.41, 5.74) is 1.04. The summed E-state index contributed by atoms with van der Waals surface area (Å²) in [6.45, 7) is 5.92. The molecule has 7 heteroatoms. The maximum Gasteiger partial charge on any atom is 0.411 e. The highest BCUT2D eigenvalue weighted by atomic mass is 32.2. The molecule has 0 aliphatic carbocycles. The number of rotatable bonds is 4. The van der Waals surface area contributed by atoms with E-state index in [0.717, 1.165) is 17.4 Å². The number of ether oxygens (including phenoxy) is 1. The van der Waals surface area contributed by atoms with E-state index in [2.05, 4.69) is 0 Å². The van der Waals surface area contributed by atoms with Crippen molar-refractivity contribution in [1.29, 1.82) is 0 Å². The Bertz CT molecular complexity index is 734. The molecule has 0 bridgehead atoms. The van der Waals surface area contributed by atoms with E-state index in [0.29, 0.717) is 6.54 Å². The van der Waals surface area contributed by atoms with E-state index < -0.39 is 15.7 Å². The summed E-state index contributed by atoms with van der Waals surface area (Å²) >= 11 is 0. The molecule has 0 fully saturated rings. The molecule has 1 heterocycles. The van der Waals surface area contributed by atoms with Gasteiger partial charge >= 0.3 is 6.09 Å². The van der Waals surface area contributed by atoms with Gasteiger partial charge in [-0.15, -0.1) is 0 Å². The summed E-state index contributed by atoms with van der Waals surface area (Å²) in [5, 5.41) is 0. The molecule has 1 unspecified atom stereocenters. The molecular formula is C17H23NO5S. The van der Waals surface area contributed by atoms with Gasteiger partial charge in [-0.2, -0.15) is 8.42 Å². The summed E-state index contributed by atoms with van der Waals surface area (Å²) in [6, 6.07) is 7.09. The van der Waals surface area contributed by atoms with Crippen molar-refractivity contribution in [3.05, 3.63) is 47.5 Å². The van der Waals surface area contributed by atoms with Gasteiger partial charge in [0.05, 0.1) is 18.9 Å². The van der Waals surface area contributed by atoms with Gasteiger partial charge in [-0.3, -0.25) is 9.08 Å². The predicted octanol–water partition coefficient (Wildman–Crippen LogP) is 3.01. The zero-order chi connectivity index (χ0) is 18.0. The van der Waals surface area contributed by atoms with Gasteiger partial charge in [-0.1, -0.05) is 36.4 Å². The Hall–Kier alpha value is -1.86. The minimum atomic E-state index is -3.50. The smallest absolute Gasteiger partial charge is 0.411 e. The van der Waals surface area contributed by atoms with Crippen LogP contribution in [0.2, 0.25) is 0 Å². The fraction of sp³-hybridized carbons (Fsp3) is 0.471. The molecule has 1 amide bonds. The van der Waals surface area contributed by atoms with Crippen LogP contribution in [0, 0.1) is 0 Å². The van der Waals surface area contributed by atoms with Crippen LogP contribution < -0.4 is 0 Å². The molecule has 1 aromatic rings. The SMILES string of the molecule is CC(C)(C)OC(=O)N1CC=CC1c1cccc(COS(C)(=O)=O)c1. The molecule has 1 aliphatic heterocycles. The highest BCUT2D eigenvalue weighted by molar-refractivity contribution is 7.85. The van der Waals surface area contributed by atoms with Crippen molar-refractivity contribution in [2.75, 3.05) is 12.8 Å². The largest absolute Gasteiger partial charge is 0.444 e. The first-order valence-electron chi connectivity index (χ1n) is 7.65. The summed E-state index contributed by atoms with van der Waals surface area (Å²) in [7, 11) is -3.50. The Morgan fingerprint density at radius 2 is 2.04 bits per heavy atom. The van der Waals surface area contributed by atoms with Gasteiger partial charge < -0.3 is 4.74 Å². The average Bonchev–Trinajstić information content (AvgIpc) is 2.92. The van der Waals surface area contributed by atoms with Crippen LogP contribution in [0.4, 0.5) is 4.79 Å². The van der Waals surface area contributed by atoms with Gasteiger partial charge in [0.15, 0.2) is 0 Å². The average molecular weight is 353 g/mol. The molecule has 0 spiro atoms. The summed E-state index contributed by atoms with van der Waals surface area (Å²) in [5.74, 6) is 0. The van der Waals surface area contributed by atoms with E-state index in [-0.39, 0.29) is 18.7 Å². The molecule has 1 aliphatic rings. The molecule has 0 saturated carbocycles. The second kappa shape index (κ2) is 6.94. The minimum Gasteiger partial charge on any atom is -0.444 e. The maximum atomic E-state index is 12.3. The van der Waals surface area contributed by atoms with E-state index in [1.807, 2.05) is 51.1 Å². The first-order valence-corrected chi connectivity index (χ1v) is 9.46. The highest BCUT2D eigenvalue weighted by Crippen LogP contribution is 2.29. The molecular weight excluding hydrogens is 330 g/mol. The van der Waals surface area contributed by atoms with Crippen LogP contribution in [-0.4, -0.2) is 37.8 Å². The number of benzene rings is 1. The van der Waals surface area contributed by atoms with Gasteiger partial charge in [0.1, 0.15) is 5.60 Å². The second-order valence-corrected chi connectivity index (χ2v) is 8.36. The van der Waals surface area contributed by atoms with Crippen molar-refractivity contribution in [1.82, 2.24) is 4.90 Å². The number of nitrogens with zero attached hydrogens (tertiary/aromatic N) is 1. The lowest BCUT2D eigenvalue weighted by Gasteiger charge is -2.29. The molecule has 6 nitrogen and oxygen atoms in total. The monoisotopic (exact) mass is 353 g/mol. The van der Waals surface area contributed by atoms with Gasteiger partial charge in [0, 0.05) is 6.54 Å². The third-order valence-electron chi connectivity index (χ3n) is 3.32. The normalized spacial score (nSPS) is 18.0. The molecule has 0 radical (unpaired) electrons. The summed E-state index contributed by atoms with van der Waals surface area (Å²) < 4.78 is 32.5. The van der Waals surface area contributed by atoms with E-state index in [1.165, 1.54) is 0 Å². The topological polar surface area (TPSA) is 72.9 Å². The Labute approximate surface area is 143 Å². The third-order valence-corrected chi connectivity index (χ3v) is 3.86. The fourth-order valence-electron chi connectivity index (χ4n) is 2.36. The molecule has 132 valence electrons. The Kier molecular flexibility index (Phi) is 5.35. The minimum absolute atomic E-state index is 0.0322. The van der Waals surface area contributed by atoms with Gasteiger partial charge in [0.25, 0.3) is 10.1 Å². The van der Waals surface area contributed by atoms with Crippen molar-refractivity contribution in [3.8, 4) is 0 Å². The van der Waals surface area contributed by atoms with Crippen molar-refractivity contribution in [2.45, 2.75) is 39.0 Å². The quantitative estimate of drug-likeness (QED) is 0.614. The highest BCUT2D eigenvalue weighted by Gasteiger charge is 2.30. The van der Waals surface area contributed by atoms with Crippen LogP contribution in [-0.2, 0) is 25.6 Å². The molecule has 2 rings (SSSR count). The lowest BCUT2D eigenvalue weighted by Crippen LogP contribution is -2.36. The summed E-state index contributed by atoms with van der Waals surface area (Å²) in [4.78, 5) is 14.0. The molecule has 1 aromatic carbocycles. The summed E-state index contributed by atoms with van der Waals surface area (Å²) in [6.07, 6.45) is 4.48. The number of carbonyl (C=O) groups is 1. The van der Waals surface area contributed by atoms with Crippen LogP contribution in [0.1, 0.15) is 37.9 Å². The predicted molar refractivity (Wildman–Crippen MR) is 90.9 cm³/mol. The van der Waals surface area contributed by atoms with Crippen LogP contribution in [0.15, 0.2) is 36.4 Å². The molecule has 24 heavy (non-hydrogen) atoms. The van der Waals surface area contributed by atoms with Crippen molar-refractivity contribution < 1.29 is 22.1 Å². The standard InChI is InChI=1S/C17H23NO5S/c1-17(2,3)23-16(19)18-10-6-9-15(18)14-8-5-7-13(11-14)12-22-24(4,20)21/h5-9,11,15H,10,12H2,1-4H3. The fourth-order valence-corrected chi connectivity index (χ4v) is 2.71. The lowest BCUT2D eigenvalue weighted by molar-refractivity contribution is 0.0240. The number of carbonyl (C=O) groups excluding carboxylic acids is 1. The lowest BCUT2D eigenvalue weighted by atomic mass is 10.0. The van der Waals surface area contributed by atoms with E-state index in [9.17, 15) is 13.2 Å². The van der Waals surface area contributed by atoms with Crippen molar-refractivity contribution in [3.63, 3.8) is 0 Å². The van der Waals surface area contributed by atoms with Crippen molar-refractivity contribution in [2.24, 2.45) is 0 Å². The van der Waals surface area contributed by atoms with Gasteiger partial charge in [0.2, 0.25) is 0 Å². The number of amides is 1. The van der Waals surface area contributed by atoms with Gasteiger partial charge in [-0.25, -0.2) is 4.79 Å². The van der Waals surface area contributed by atoms with Crippen LogP contribution >= 0.6 is 0 Å². The Morgan fingerprint density at radius 1 is 1.33 bits per heavy atom. The Balaban J connectivity index is 2.14. The molecule has 0 N–H and O–H groups in total. The zero-order valence-electron chi connectivity index (χ0n) is 14.4. The maximum absolute atomic E-state index is 12.3. The number of hydrogen-bond donors (Lipinski definition) is 0. The van der Waals surface area contributed by atoms with Crippen LogP contribution in [0.25, 0.3) is 0 Å². The molecule has 0 aromatic heterocycles. The van der Waals surface area contributed by atoms with E-state index >= 15 is 0 Å².